The maximum atomic E-state index is 10.2. The summed E-state index contributed by atoms with van der Waals surface area (Å²) < 4.78 is 6.03. The molecule has 3 nitrogen and oxygen atoms in total. The summed E-state index contributed by atoms with van der Waals surface area (Å²) in [6.45, 7) is 3.97. The fraction of sp³-hybridized carbons (Fsp3) is 0.105. The summed E-state index contributed by atoms with van der Waals surface area (Å²) in [5.74, 6) is 0.199. The molecule has 4 aromatic rings. The standard InChI is InChI=1S/C19H14ClNO2/c1-10-7-11(2)21-19-17(10)16-9-14(22)8-15(18(16)23-19)12-3-5-13(20)6-4-12/h3-9,22H,1-2H3. The van der Waals surface area contributed by atoms with Gasteiger partial charge in [-0.1, -0.05) is 23.7 Å². The van der Waals surface area contributed by atoms with Gasteiger partial charge in [-0.25, -0.2) is 4.98 Å². The van der Waals surface area contributed by atoms with E-state index in [9.17, 15) is 5.11 Å². The van der Waals surface area contributed by atoms with Gasteiger partial charge in [0.05, 0.1) is 5.39 Å². The van der Waals surface area contributed by atoms with Crippen LogP contribution in [0.1, 0.15) is 11.3 Å². The van der Waals surface area contributed by atoms with Crippen molar-refractivity contribution in [3.8, 4) is 16.9 Å². The summed E-state index contributed by atoms with van der Waals surface area (Å²) in [4.78, 5) is 4.48. The Balaban J connectivity index is 2.13. The smallest absolute Gasteiger partial charge is 0.227 e. The zero-order chi connectivity index (χ0) is 16.1. The predicted octanol–water partition coefficient (Wildman–Crippen LogP) is 5.62. The van der Waals surface area contributed by atoms with E-state index in [2.05, 4.69) is 4.98 Å². The molecule has 0 unspecified atom stereocenters. The number of benzene rings is 2. The van der Waals surface area contributed by atoms with Crippen molar-refractivity contribution in [2.24, 2.45) is 0 Å². The average Bonchev–Trinajstić information content (AvgIpc) is 2.85. The molecule has 0 saturated heterocycles. The monoisotopic (exact) mass is 323 g/mol. The predicted molar refractivity (Wildman–Crippen MR) is 93.1 cm³/mol. The summed E-state index contributed by atoms with van der Waals surface area (Å²) in [6, 6.07) is 12.9. The number of halogens is 1. The lowest BCUT2D eigenvalue weighted by molar-refractivity contribution is 0.476. The maximum absolute atomic E-state index is 10.2. The van der Waals surface area contributed by atoms with Gasteiger partial charge in [-0.05, 0) is 55.3 Å². The van der Waals surface area contributed by atoms with E-state index in [0.29, 0.717) is 10.7 Å². The molecule has 1 N–H and O–H groups in total. The topological polar surface area (TPSA) is 46.3 Å². The fourth-order valence-corrected chi connectivity index (χ4v) is 3.18. The minimum atomic E-state index is 0.199. The van der Waals surface area contributed by atoms with Gasteiger partial charge in [0, 0.05) is 21.7 Å². The van der Waals surface area contributed by atoms with Gasteiger partial charge < -0.3 is 9.52 Å². The van der Waals surface area contributed by atoms with Crippen molar-refractivity contribution in [3.05, 3.63) is 58.7 Å². The van der Waals surface area contributed by atoms with E-state index in [1.54, 1.807) is 12.1 Å². The Labute approximate surface area is 138 Å². The largest absolute Gasteiger partial charge is 0.508 e. The molecule has 23 heavy (non-hydrogen) atoms. The second kappa shape index (κ2) is 5.00. The van der Waals surface area contributed by atoms with E-state index < -0.39 is 0 Å². The van der Waals surface area contributed by atoms with Crippen LogP contribution in [-0.2, 0) is 0 Å². The second-order valence-electron chi connectivity index (χ2n) is 5.74. The van der Waals surface area contributed by atoms with E-state index in [0.717, 1.165) is 38.7 Å². The van der Waals surface area contributed by atoms with Gasteiger partial charge in [0.1, 0.15) is 11.3 Å². The van der Waals surface area contributed by atoms with Crippen LogP contribution in [0.25, 0.3) is 33.2 Å². The van der Waals surface area contributed by atoms with Crippen LogP contribution in [0.5, 0.6) is 5.75 Å². The fourth-order valence-electron chi connectivity index (χ4n) is 3.05. The van der Waals surface area contributed by atoms with Crippen LogP contribution in [-0.4, -0.2) is 10.1 Å². The molecule has 0 amide bonds. The van der Waals surface area contributed by atoms with E-state index in [1.165, 1.54) is 0 Å². The number of hydrogen-bond donors (Lipinski definition) is 1. The molecule has 0 aliphatic rings. The number of hydrogen-bond acceptors (Lipinski definition) is 3. The molecule has 4 heteroatoms. The number of phenols is 1. The zero-order valence-corrected chi connectivity index (χ0v) is 13.5. The molecule has 2 aromatic heterocycles. The molecule has 2 heterocycles. The summed E-state index contributed by atoms with van der Waals surface area (Å²) in [6.07, 6.45) is 0. The first-order valence-electron chi connectivity index (χ1n) is 7.32. The quantitative estimate of drug-likeness (QED) is 0.494. The Kier molecular flexibility index (Phi) is 3.06. The molecule has 0 aliphatic heterocycles. The highest BCUT2D eigenvalue weighted by Crippen LogP contribution is 2.39. The van der Waals surface area contributed by atoms with Crippen molar-refractivity contribution in [2.75, 3.05) is 0 Å². The molecule has 114 valence electrons. The van der Waals surface area contributed by atoms with Gasteiger partial charge in [0.2, 0.25) is 5.71 Å². The van der Waals surface area contributed by atoms with E-state index in [-0.39, 0.29) is 5.75 Å². The molecule has 0 spiro atoms. The third-order valence-electron chi connectivity index (χ3n) is 4.01. The van der Waals surface area contributed by atoms with Gasteiger partial charge in [-0.2, -0.15) is 0 Å². The molecule has 0 fully saturated rings. The minimum Gasteiger partial charge on any atom is -0.508 e. The zero-order valence-electron chi connectivity index (χ0n) is 12.7. The molecule has 2 aromatic carbocycles. The van der Waals surface area contributed by atoms with E-state index in [1.807, 2.05) is 44.2 Å². The average molecular weight is 324 g/mol. The molecule has 0 saturated carbocycles. The number of rotatable bonds is 1. The molecule has 0 bridgehead atoms. The highest BCUT2D eigenvalue weighted by Gasteiger charge is 2.16. The number of aromatic nitrogens is 1. The number of nitrogens with zero attached hydrogens (tertiary/aromatic N) is 1. The second-order valence-corrected chi connectivity index (χ2v) is 6.18. The van der Waals surface area contributed by atoms with Crippen LogP contribution in [0.15, 0.2) is 46.9 Å². The third kappa shape index (κ3) is 2.25. The van der Waals surface area contributed by atoms with Gasteiger partial charge in [-0.15, -0.1) is 0 Å². The summed E-state index contributed by atoms with van der Waals surface area (Å²) in [7, 11) is 0. The van der Waals surface area contributed by atoms with Crippen LogP contribution in [0, 0.1) is 13.8 Å². The number of pyridine rings is 1. The van der Waals surface area contributed by atoms with E-state index >= 15 is 0 Å². The normalized spacial score (nSPS) is 11.4. The van der Waals surface area contributed by atoms with Crippen LogP contribution in [0.3, 0.4) is 0 Å². The highest BCUT2D eigenvalue weighted by atomic mass is 35.5. The number of furan rings is 1. The maximum Gasteiger partial charge on any atom is 0.227 e. The van der Waals surface area contributed by atoms with Crippen molar-refractivity contribution < 1.29 is 9.52 Å². The lowest BCUT2D eigenvalue weighted by atomic mass is 10.0. The molecule has 4 rings (SSSR count). The molecule has 0 radical (unpaired) electrons. The summed E-state index contributed by atoms with van der Waals surface area (Å²) in [5, 5.41) is 12.6. The Bertz CT molecular complexity index is 1050. The Morgan fingerprint density at radius 3 is 2.52 bits per heavy atom. The molecular formula is C19H14ClNO2. The summed E-state index contributed by atoms with van der Waals surface area (Å²) >= 11 is 5.97. The Hall–Kier alpha value is -2.52. The number of fused-ring (bicyclic) bond motifs is 3. The van der Waals surface area contributed by atoms with Gasteiger partial charge >= 0.3 is 0 Å². The number of phenolic OH excluding ortho intramolecular Hbond substituents is 1. The van der Waals surface area contributed by atoms with Crippen molar-refractivity contribution in [3.63, 3.8) is 0 Å². The van der Waals surface area contributed by atoms with Crippen LogP contribution in [0.2, 0.25) is 5.02 Å². The van der Waals surface area contributed by atoms with Crippen LogP contribution >= 0.6 is 11.6 Å². The molecule has 0 atom stereocenters. The third-order valence-corrected chi connectivity index (χ3v) is 4.26. The van der Waals surface area contributed by atoms with Crippen molar-refractivity contribution in [2.45, 2.75) is 13.8 Å². The Morgan fingerprint density at radius 1 is 1.04 bits per heavy atom. The lowest BCUT2D eigenvalue weighted by Crippen LogP contribution is -1.83. The summed E-state index contributed by atoms with van der Waals surface area (Å²) in [5.41, 5.74) is 5.07. The minimum absolute atomic E-state index is 0.199. The van der Waals surface area contributed by atoms with E-state index in [4.69, 9.17) is 16.0 Å². The molecular weight excluding hydrogens is 310 g/mol. The number of aryl methyl sites for hydroxylation is 2. The Morgan fingerprint density at radius 2 is 1.78 bits per heavy atom. The first kappa shape index (κ1) is 14.1. The SMILES string of the molecule is Cc1cc(C)c2c(n1)oc1c(-c3ccc(Cl)cc3)cc(O)cc12. The first-order valence-corrected chi connectivity index (χ1v) is 7.70. The highest BCUT2D eigenvalue weighted by molar-refractivity contribution is 6.30. The number of aromatic hydroxyl groups is 1. The van der Waals surface area contributed by atoms with Gasteiger partial charge in [0.25, 0.3) is 0 Å². The first-order chi connectivity index (χ1) is 11.0. The van der Waals surface area contributed by atoms with Crippen molar-refractivity contribution >= 4 is 33.7 Å². The van der Waals surface area contributed by atoms with Gasteiger partial charge in [-0.3, -0.25) is 0 Å². The van der Waals surface area contributed by atoms with Crippen molar-refractivity contribution in [1.82, 2.24) is 4.98 Å². The van der Waals surface area contributed by atoms with Crippen LogP contribution < -0.4 is 0 Å². The van der Waals surface area contributed by atoms with Crippen molar-refractivity contribution in [1.29, 1.82) is 0 Å². The van der Waals surface area contributed by atoms with Gasteiger partial charge in [0.15, 0.2) is 0 Å². The van der Waals surface area contributed by atoms with Crippen LogP contribution in [0.4, 0.5) is 0 Å². The molecule has 0 aliphatic carbocycles. The lowest BCUT2D eigenvalue weighted by Gasteiger charge is -2.04.